The van der Waals surface area contributed by atoms with Crippen LogP contribution in [0.5, 0.6) is 0 Å². The van der Waals surface area contributed by atoms with E-state index in [2.05, 4.69) is 4.98 Å². The van der Waals surface area contributed by atoms with Crippen molar-refractivity contribution in [2.75, 3.05) is 6.54 Å². The van der Waals surface area contributed by atoms with E-state index in [1.807, 2.05) is 54.6 Å². The average molecular weight is 387 g/mol. The minimum Gasteiger partial charge on any atom is -0.354 e. The van der Waals surface area contributed by atoms with Crippen LogP contribution in [-0.4, -0.2) is 21.4 Å². The predicted molar refractivity (Wildman–Crippen MR) is 111 cm³/mol. The molecule has 1 aromatic heterocycles. The molecule has 1 N–H and O–H groups in total. The fourth-order valence-corrected chi connectivity index (χ4v) is 3.80. The first-order valence-corrected chi connectivity index (χ1v) is 9.07. The van der Waals surface area contributed by atoms with E-state index in [9.17, 15) is 20.2 Å². The first-order valence-electron chi connectivity index (χ1n) is 9.07. The van der Waals surface area contributed by atoms with E-state index in [0.29, 0.717) is 11.1 Å². The van der Waals surface area contributed by atoms with Crippen molar-refractivity contribution >= 4 is 16.6 Å². The Morgan fingerprint density at radius 1 is 0.828 bits per heavy atom. The Labute approximate surface area is 165 Å². The Balaban J connectivity index is 2.04. The molecule has 1 heterocycles. The number of benzene rings is 3. The van der Waals surface area contributed by atoms with Gasteiger partial charge < -0.3 is 4.98 Å². The molecule has 0 saturated heterocycles. The van der Waals surface area contributed by atoms with E-state index >= 15 is 0 Å². The molecule has 0 aliphatic carbocycles. The third kappa shape index (κ3) is 3.45. The minimum atomic E-state index is -0.780. The molecule has 4 rings (SSSR count). The first kappa shape index (κ1) is 18.4. The third-order valence-corrected chi connectivity index (χ3v) is 5.00. The molecule has 4 aromatic rings. The highest BCUT2D eigenvalue weighted by Gasteiger charge is 2.32. The topological polar surface area (TPSA) is 102 Å². The molecule has 3 aromatic carbocycles. The molecule has 7 heteroatoms. The molecule has 0 spiro atoms. The van der Waals surface area contributed by atoms with Gasteiger partial charge in [-0.1, -0.05) is 66.7 Å². The van der Waals surface area contributed by atoms with Crippen molar-refractivity contribution in [2.24, 2.45) is 0 Å². The van der Waals surface area contributed by atoms with E-state index in [1.165, 1.54) is 6.07 Å². The van der Waals surface area contributed by atoms with Crippen LogP contribution in [0.15, 0.2) is 78.9 Å². The number of hydrogen-bond acceptors (Lipinski definition) is 4. The second-order valence-electron chi connectivity index (χ2n) is 6.71. The van der Waals surface area contributed by atoms with Crippen LogP contribution in [0, 0.1) is 20.2 Å². The van der Waals surface area contributed by atoms with Crippen LogP contribution in [0.2, 0.25) is 0 Å². The molecule has 29 heavy (non-hydrogen) atoms. The molecule has 0 amide bonds. The van der Waals surface area contributed by atoms with Gasteiger partial charge in [-0.25, -0.2) is 0 Å². The van der Waals surface area contributed by atoms with Gasteiger partial charge in [0.05, 0.1) is 16.5 Å². The number of H-pyrrole nitrogens is 1. The summed E-state index contributed by atoms with van der Waals surface area (Å²) in [5, 5.41) is 24.0. The summed E-state index contributed by atoms with van der Waals surface area (Å²) in [6, 6.07) is 23.2. The normalized spacial score (nSPS) is 12.0. The molecular weight excluding hydrogens is 370 g/mol. The molecular formula is C22H17N3O4. The summed E-state index contributed by atoms with van der Waals surface area (Å²) in [5.41, 5.74) is 3.33. The van der Waals surface area contributed by atoms with Crippen LogP contribution < -0.4 is 0 Å². The summed E-state index contributed by atoms with van der Waals surface area (Å²) in [6.07, 6.45) is 0. The van der Waals surface area contributed by atoms with Crippen LogP contribution in [0.3, 0.4) is 0 Å². The maximum absolute atomic E-state index is 11.6. The maximum Gasteiger partial charge on any atom is 0.273 e. The highest BCUT2D eigenvalue weighted by molar-refractivity contribution is 5.92. The zero-order chi connectivity index (χ0) is 20.4. The summed E-state index contributed by atoms with van der Waals surface area (Å²) in [6.45, 7) is -0.452. The lowest BCUT2D eigenvalue weighted by molar-refractivity contribution is -0.482. The largest absolute Gasteiger partial charge is 0.354 e. The van der Waals surface area contributed by atoms with E-state index in [-0.39, 0.29) is 5.69 Å². The number of nitro groups is 2. The van der Waals surface area contributed by atoms with Crippen LogP contribution >= 0.6 is 0 Å². The molecule has 7 nitrogen and oxygen atoms in total. The van der Waals surface area contributed by atoms with Gasteiger partial charge in [-0.3, -0.25) is 20.2 Å². The van der Waals surface area contributed by atoms with Crippen molar-refractivity contribution in [1.82, 2.24) is 4.98 Å². The van der Waals surface area contributed by atoms with Crippen LogP contribution in [0.4, 0.5) is 5.69 Å². The summed E-state index contributed by atoms with van der Waals surface area (Å²) in [5.74, 6) is -0.780. The van der Waals surface area contributed by atoms with Crippen LogP contribution in [0.25, 0.3) is 22.2 Å². The number of nitro benzene ring substituents is 1. The molecule has 0 saturated carbocycles. The van der Waals surface area contributed by atoms with Crippen molar-refractivity contribution in [3.63, 3.8) is 0 Å². The zero-order valence-electron chi connectivity index (χ0n) is 15.3. The Morgan fingerprint density at radius 2 is 1.48 bits per heavy atom. The van der Waals surface area contributed by atoms with Crippen molar-refractivity contribution < 1.29 is 9.85 Å². The van der Waals surface area contributed by atoms with E-state index < -0.39 is 22.3 Å². The van der Waals surface area contributed by atoms with Gasteiger partial charge in [0.2, 0.25) is 6.54 Å². The molecule has 0 bridgehead atoms. The number of rotatable bonds is 6. The van der Waals surface area contributed by atoms with E-state index in [4.69, 9.17) is 0 Å². The smallest absolute Gasteiger partial charge is 0.273 e. The number of aromatic nitrogens is 1. The highest BCUT2D eigenvalue weighted by Crippen LogP contribution is 2.41. The highest BCUT2D eigenvalue weighted by atomic mass is 16.6. The monoisotopic (exact) mass is 387 g/mol. The van der Waals surface area contributed by atoms with Crippen molar-refractivity contribution in [1.29, 1.82) is 0 Å². The van der Waals surface area contributed by atoms with Gasteiger partial charge in [-0.05, 0) is 17.2 Å². The van der Waals surface area contributed by atoms with E-state index in [0.717, 1.165) is 22.2 Å². The summed E-state index contributed by atoms with van der Waals surface area (Å²) >= 11 is 0. The number of para-hydroxylation sites is 2. The lowest BCUT2D eigenvalue weighted by atomic mass is 9.86. The summed E-state index contributed by atoms with van der Waals surface area (Å²) in [7, 11) is 0. The fraction of sp³-hybridized carbons (Fsp3) is 0.0909. The van der Waals surface area contributed by atoms with Gasteiger partial charge in [0.25, 0.3) is 5.69 Å². The number of nitrogens with zero attached hydrogens (tertiary/aromatic N) is 2. The lowest BCUT2D eigenvalue weighted by Gasteiger charge is -2.16. The van der Waals surface area contributed by atoms with Crippen molar-refractivity contribution in [2.45, 2.75) is 5.92 Å². The Morgan fingerprint density at radius 3 is 2.21 bits per heavy atom. The number of hydrogen-bond donors (Lipinski definition) is 1. The SMILES string of the molecule is O=[N+]([O-])CC(c1ccccc1[N+](=O)[O-])c1c(-c2ccccc2)[nH]c2ccccc12. The summed E-state index contributed by atoms with van der Waals surface area (Å²) < 4.78 is 0. The standard InChI is InChI=1S/C22H17N3O4/c26-24(27)14-18(16-10-5-7-13-20(16)25(28)29)21-17-11-4-6-12-19(17)23-22(21)15-8-2-1-3-9-15/h1-13,18,23H,14H2. The average Bonchev–Trinajstić information content (AvgIpc) is 3.12. The van der Waals surface area contributed by atoms with Crippen LogP contribution in [-0.2, 0) is 0 Å². The van der Waals surface area contributed by atoms with Gasteiger partial charge in [0.15, 0.2) is 0 Å². The second-order valence-corrected chi connectivity index (χ2v) is 6.71. The molecule has 0 fully saturated rings. The molecule has 0 aliphatic rings. The maximum atomic E-state index is 11.6. The Bertz CT molecular complexity index is 1200. The van der Waals surface area contributed by atoms with Gasteiger partial charge in [0.1, 0.15) is 0 Å². The van der Waals surface area contributed by atoms with Gasteiger partial charge >= 0.3 is 0 Å². The quantitative estimate of drug-likeness (QED) is 0.365. The third-order valence-electron chi connectivity index (χ3n) is 5.00. The Hall–Kier alpha value is -4.00. The van der Waals surface area contributed by atoms with Gasteiger partial charge in [-0.2, -0.15) is 0 Å². The van der Waals surface area contributed by atoms with Gasteiger partial charge in [0, 0.05) is 27.5 Å². The molecule has 1 unspecified atom stereocenters. The molecule has 0 radical (unpaired) electrons. The minimum absolute atomic E-state index is 0.122. The number of fused-ring (bicyclic) bond motifs is 1. The lowest BCUT2D eigenvalue weighted by Crippen LogP contribution is -2.16. The van der Waals surface area contributed by atoms with Crippen molar-refractivity contribution in [3.8, 4) is 11.3 Å². The van der Waals surface area contributed by atoms with Gasteiger partial charge in [-0.15, -0.1) is 0 Å². The predicted octanol–water partition coefficient (Wildman–Crippen LogP) is 5.15. The number of nitrogens with one attached hydrogen (secondary N) is 1. The Kier molecular flexibility index (Phi) is 4.78. The fourth-order valence-electron chi connectivity index (χ4n) is 3.80. The second kappa shape index (κ2) is 7.55. The number of aromatic amines is 1. The molecule has 144 valence electrons. The van der Waals surface area contributed by atoms with Crippen LogP contribution in [0.1, 0.15) is 17.0 Å². The first-order chi connectivity index (χ1) is 14.1. The van der Waals surface area contributed by atoms with Crippen molar-refractivity contribution in [3.05, 3.63) is 110 Å². The van der Waals surface area contributed by atoms with E-state index in [1.54, 1.807) is 18.2 Å². The molecule has 1 atom stereocenters. The zero-order valence-corrected chi connectivity index (χ0v) is 15.3. The summed E-state index contributed by atoms with van der Waals surface area (Å²) in [4.78, 5) is 25.7. The molecule has 0 aliphatic heterocycles.